The van der Waals surface area contributed by atoms with E-state index in [9.17, 15) is 9.59 Å². The number of hydrogen-bond acceptors (Lipinski definition) is 4. The van der Waals surface area contributed by atoms with Gasteiger partial charge < -0.3 is 10.1 Å². The van der Waals surface area contributed by atoms with E-state index in [1.165, 1.54) is 0 Å². The molecule has 3 rings (SSSR count). The van der Waals surface area contributed by atoms with E-state index in [1.54, 1.807) is 0 Å². The Morgan fingerprint density at radius 2 is 2.08 bits per heavy atom. The lowest BCUT2D eigenvalue weighted by Gasteiger charge is -2.34. The first-order valence-electron chi connectivity index (χ1n) is 8.70. The number of nitrogens with one attached hydrogen (secondary N) is 1. The summed E-state index contributed by atoms with van der Waals surface area (Å²) >= 11 is 2.27. The molecule has 1 aliphatic heterocycles. The molecular weight excluding hydrogens is 429 g/mol. The second-order valence-corrected chi connectivity index (χ2v) is 7.59. The van der Waals surface area contributed by atoms with Crippen LogP contribution in [0.15, 0.2) is 46.8 Å². The Morgan fingerprint density at radius 3 is 2.80 bits per heavy atom. The lowest BCUT2D eigenvalue weighted by atomic mass is 9.75. The molecule has 0 radical (unpaired) electrons. The van der Waals surface area contributed by atoms with Gasteiger partial charge in [0.15, 0.2) is 5.78 Å². The molecule has 0 aromatic heterocycles. The number of hydrogen-bond donors (Lipinski definition) is 1. The number of carbonyl (C=O) groups is 2. The van der Waals surface area contributed by atoms with Gasteiger partial charge in [0.2, 0.25) is 0 Å². The van der Waals surface area contributed by atoms with Crippen molar-refractivity contribution in [2.75, 3.05) is 6.61 Å². The van der Waals surface area contributed by atoms with Crippen molar-refractivity contribution in [2.24, 2.45) is 0 Å². The number of rotatable bonds is 4. The van der Waals surface area contributed by atoms with Crippen molar-refractivity contribution in [2.45, 2.75) is 45.4 Å². The van der Waals surface area contributed by atoms with E-state index >= 15 is 0 Å². The van der Waals surface area contributed by atoms with Gasteiger partial charge in [0.05, 0.1) is 12.2 Å². The summed E-state index contributed by atoms with van der Waals surface area (Å²) in [4.78, 5) is 25.5. The quantitative estimate of drug-likeness (QED) is 0.551. The largest absolute Gasteiger partial charge is 0.462 e. The Morgan fingerprint density at radius 1 is 1.32 bits per heavy atom. The fourth-order valence-electron chi connectivity index (χ4n) is 3.55. The lowest BCUT2D eigenvalue weighted by Crippen LogP contribution is -2.34. The average molecular weight is 451 g/mol. The van der Waals surface area contributed by atoms with Crippen LogP contribution in [0, 0.1) is 3.57 Å². The highest BCUT2D eigenvalue weighted by Gasteiger charge is 2.39. The molecule has 0 saturated heterocycles. The van der Waals surface area contributed by atoms with Crippen LogP contribution in [0.2, 0.25) is 0 Å². The Balaban J connectivity index is 2.14. The highest BCUT2D eigenvalue weighted by Crippen LogP contribution is 2.43. The number of esters is 1. The summed E-state index contributed by atoms with van der Waals surface area (Å²) in [6.45, 7) is 4.25. The molecule has 1 atom stereocenters. The van der Waals surface area contributed by atoms with Crippen LogP contribution in [0.25, 0.3) is 0 Å². The maximum absolute atomic E-state index is 12.8. The third kappa shape index (κ3) is 3.52. The SMILES string of the molecule is CCCOC(=O)C1=C(C)NC2=C(C(=O)CCC2)C1c1ccccc1I. The number of dihydropyridines is 1. The second-order valence-electron chi connectivity index (χ2n) is 6.42. The van der Waals surface area contributed by atoms with Crippen molar-refractivity contribution < 1.29 is 14.3 Å². The van der Waals surface area contributed by atoms with E-state index in [0.29, 0.717) is 18.6 Å². The number of ketones is 1. The van der Waals surface area contributed by atoms with Crippen molar-refractivity contribution in [3.63, 3.8) is 0 Å². The third-order valence-corrected chi connectivity index (χ3v) is 5.63. The van der Waals surface area contributed by atoms with E-state index in [-0.39, 0.29) is 17.7 Å². The molecule has 1 aliphatic carbocycles. The van der Waals surface area contributed by atoms with Gasteiger partial charge in [0, 0.05) is 32.9 Å². The maximum atomic E-state index is 12.8. The first-order chi connectivity index (χ1) is 12.0. The number of ether oxygens (including phenoxy) is 1. The Labute approximate surface area is 161 Å². The zero-order valence-corrected chi connectivity index (χ0v) is 16.7. The van der Waals surface area contributed by atoms with E-state index in [2.05, 4.69) is 27.9 Å². The van der Waals surface area contributed by atoms with Crippen molar-refractivity contribution >= 4 is 34.3 Å². The average Bonchev–Trinajstić information content (AvgIpc) is 2.59. The van der Waals surface area contributed by atoms with Crippen LogP contribution in [0.1, 0.15) is 51.0 Å². The molecule has 1 unspecified atom stereocenters. The molecule has 0 spiro atoms. The van der Waals surface area contributed by atoms with Gasteiger partial charge in [0.1, 0.15) is 0 Å². The molecule has 5 heteroatoms. The predicted molar refractivity (Wildman–Crippen MR) is 105 cm³/mol. The Kier molecular flexibility index (Phi) is 5.61. The molecule has 1 heterocycles. The third-order valence-electron chi connectivity index (χ3n) is 4.65. The number of benzene rings is 1. The lowest BCUT2D eigenvalue weighted by molar-refractivity contribution is -0.139. The molecule has 0 fully saturated rings. The van der Waals surface area contributed by atoms with Crippen molar-refractivity contribution in [3.8, 4) is 0 Å². The smallest absolute Gasteiger partial charge is 0.336 e. The van der Waals surface area contributed by atoms with Crippen molar-refractivity contribution in [1.82, 2.24) is 5.32 Å². The fraction of sp³-hybridized carbons (Fsp3) is 0.400. The molecule has 1 N–H and O–H groups in total. The topological polar surface area (TPSA) is 55.4 Å². The molecule has 132 valence electrons. The Bertz CT molecular complexity index is 779. The zero-order chi connectivity index (χ0) is 18.0. The first-order valence-corrected chi connectivity index (χ1v) is 9.78. The van der Waals surface area contributed by atoms with Gasteiger partial charge in [-0.2, -0.15) is 0 Å². The number of carbonyl (C=O) groups excluding carboxylic acids is 2. The molecule has 0 saturated carbocycles. The summed E-state index contributed by atoms with van der Waals surface area (Å²) in [5.41, 5.74) is 4.05. The van der Waals surface area contributed by atoms with Crippen LogP contribution in [0.5, 0.6) is 0 Å². The van der Waals surface area contributed by atoms with E-state index in [0.717, 1.165) is 45.4 Å². The molecule has 4 nitrogen and oxygen atoms in total. The first kappa shape index (κ1) is 18.2. The van der Waals surface area contributed by atoms with Crippen LogP contribution in [-0.2, 0) is 14.3 Å². The normalized spacial score (nSPS) is 20.3. The number of halogens is 1. The van der Waals surface area contributed by atoms with Crippen LogP contribution in [-0.4, -0.2) is 18.4 Å². The van der Waals surface area contributed by atoms with Crippen LogP contribution < -0.4 is 5.32 Å². The van der Waals surface area contributed by atoms with Crippen molar-refractivity contribution in [3.05, 3.63) is 55.9 Å². The summed E-state index contributed by atoms with van der Waals surface area (Å²) in [5.74, 6) is -0.547. The summed E-state index contributed by atoms with van der Waals surface area (Å²) in [6.07, 6.45) is 3.00. The molecule has 25 heavy (non-hydrogen) atoms. The fourth-order valence-corrected chi connectivity index (χ4v) is 4.25. The molecule has 2 aliphatic rings. The monoisotopic (exact) mass is 451 g/mol. The summed E-state index contributed by atoms with van der Waals surface area (Å²) in [6, 6.07) is 7.94. The van der Waals surface area contributed by atoms with Gasteiger partial charge in [-0.3, -0.25) is 4.79 Å². The van der Waals surface area contributed by atoms with Gasteiger partial charge in [-0.25, -0.2) is 4.79 Å². The molecule has 0 bridgehead atoms. The zero-order valence-electron chi connectivity index (χ0n) is 14.5. The van der Waals surface area contributed by atoms with Gasteiger partial charge in [0.25, 0.3) is 0 Å². The van der Waals surface area contributed by atoms with E-state index in [1.807, 2.05) is 38.1 Å². The maximum Gasteiger partial charge on any atom is 0.336 e. The van der Waals surface area contributed by atoms with Crippen LogP contribution >= 0.6 is 22.6 Å². The summed E-state index contributed by atoms with van der Waals surface area (Å²) in [7, 11) is 0. The predicted octanol–water partition coefficient (Wildman–Crippen LogP) is 4.21. The minimum absolute atomic E-state index is 0.131. The van der Waals surface area contributed by atoms with Gasteiger partial charge >= 0.3 is 5.97 Å². The van der Waals surface area contributed by atoms with Crippen LogP contribution in [0.4, 0.5) is 0 Å². The minimum atomic E-state index is -0.346. The molecule has 0 amide bonds. The van der Waals surface area contributed by atoms with Crippen molar-refractivity contribution in [1.29, 1.82) is 0 Å². The van der Waals surface area contributed by atoms with Crippen LogP contribution in [0.3, 0.4) is 0 Å². The standard InChI is InChI=1S/C20H22INO3/c1-3-11-25-20(24)17-12(2)22-15-9-6-10-16(23)19(15)18(17)13-7-4-5-8-14(13)21/h4-5,7-8,18,22H,3,6,9-11H2,1-2H3. The second kappa shape index (κ2) is 7.72. The Hall–Kier alpha value is -1.63. The van der Waals surface area contributed by atoms with E-state index in [4.69, 9.17) is 4.74 Å². The highest BCUT2D eigenvalue weighted by molar-refractivity contribution is 14.1. The van der Waals surface area contributed by atoms with Gasteiger partial charge in [-0.05, 0) is 60.4 Å². The summed E-state index contributed by atoms with van der Waals surface area (Å²) < 4.78 is 6.48. The number of allylic oxidation sites excluding steroid dienone is 3. The van der Waals surface area contributed by atoms with E-state index < -0.39 is 0 Å². The molecule has 1 aromatic rings. The number of Topliss-reactive ketones (excluding diaryl/α,β-unsaturated/α-hetero) is 1. The molecule has 1 aromatic carbocycles. The highest BCUT2D eigenvalue weighted by atomic mass is 127. The molecular formula is C20H22INO3. The van der Waals surface area contributed by atoms with Gasteiger partial charge in [-0.1, -0.05) is 25.1 Å². The minimum Gasteiger partial charge on any atom is -0.462 e. The van der Waals surface area contributed by atoms with Gasteiger partial charge in [-0.15, -0.1) is 0 Å². The summed E-state index contributed by atoms with van der Waals surface area (Å²) in [5, 5.41) is 3.31.